The van der Waals surface area contributed by atoms with Gasteiger partial charge in [-0.2, -0.15) is 13.2 Å². The minimum absolute atomic E-state index is 0.166. The molecule has 0 spiro atoms. The van der Waals surface area contributed by atoms with Crippen LogP contribution in [0.25, 0.3) is 10.9 Å². The number of hydrogen-bond donors (Lipinski definition) is 2. The van der Waals surface area contributed by atoms with Crippen LogP contribution in [0.1, 0.15) is 56.5 Å². The van der Waals surface area contributed by atoms with Crippen molar-refractivity contribution in [2.45, 2.75) is 64.0 Å². The number of para-hydroxylation sites is 1. The number of hydrogen-bond acceptors (Lipinski definition) is 6. The Kier molecular flexibility index (Phi) is 6.87. The molecule has 1 aromatic carbocycles. The highest BCUT2D eigenvalue weighted by Gasteiger charge is 2.39. The first-order valence-corrected chi connectivity index (χ1v) is 11.6. The van der Waals surface area contributed by atoms with Gasteiger partial charge in [0.15, 0.2) is 0 Å². The molecular formula is C24H24ClF3N4O4. The van der Waals surface area contributed by atoms with E-state index in [0.717, 1.165) is 6.07 Å². The molecule has 1 aliphatic rings. The number of alkyl halides is 3. The number of pyridine rings is 1. The van der Waals surface area contributed by atoms with E-state index in [1.54, 1.807) is 20.8 Å². The molecule has 1 amide bonds. The second-order valence-electron chi connectivity index (χ2n) is 9.53. The lowest BCUT2D eigenvalue weighted by molar-refractivity contribution is -0.139. The lowest BCUT2D eigenvalue weighted by Crippen LogP contribution is -2.35. The smallest absolute Gasteiger partial charge is 0.419 e. The van der Waals surface area contributed by atoms with Crippen molar-refractivity contribution in [2.24, 2.45) is 0 Å². The molecule has 12 heteroatoms. The number of nitrogens with zero attached hydrogens (tertiary/aromatic N) is 2. The fourth-order valence-corrected chi connectivity index (χ4v) is 4.01. The molecule has 0 radical (unpaired) electrons. The number of nitrogens with one attached hydrogen (secondary N) is 2. The summed E-state index contributed by atoms with van der Waals surface area (Å²) in [5, 5.41) is 2.94. The fraction of sp³-hybridized carbons (Fsp3) is 0.417. The molecule has 4 rings (SSSR count). The summed E-state index contributed by atoms with van der Waals surface area (Å²) in [7, 11) is 0. The first-order chi connectivity index (χ1) is 16.8. The maximum absolute atomic E-state index is 13.7. The second-order valence-corrected chi connectivity index (χ2v) is 9.92. The van der Waals surface area contributed by atoms with Gasteiger partial charge in [0.1, 0.15) is 28.4 Å². The van der Waals surface area contributed by atoms with Crippen LogP contribution in [0.2, 0.25) is 5.15 Å². The van der Waals surface area contributed by atoms with E-state index in [0.29, 0.717) is 29.6 Å². The minimum atomic E-state index is -4.65. The van der Waals surface area contributed by atoms with Gasteiger partial charge in [-0.25, -0.2) is 14.8 Å². The molecule has 0 aliphatic heterocycles. The summed E-state index contributed by atoms with van der Waals surface area (Å²) in [4.78, 5) is 35.5. The number of aromatic nitrogens is 3. The molecule has 2 N–H and O–H groups in total. The van der Waals surface area contributed by atoms with Crippen molar-refractivity contribution < 1.29 is 27.4 Å². The molecule has 1 fully saturated rings. The van der Waals surface area contributed by atoms with E-state index in [4.69, 9.17) is 21.1 Å². The summed E-state index contributed by atoms with van der Waals surface area (Å²) in [6, 6.07) is 5.07. The Morgan fingerprint density at radius 1 is 1.25 bits per heavy atom. The largest absolute Gasteiger partial charge is 0.489 e. The maximum Gasteiger partial charge on any atom is 0.419 e. The molecule has 1 saturated carbocycles. The van der Waals surface area contributed by atoms with E-state index in [-0.39, 0.29) is 34.5 Å². The summed E-state index contributed by atoms with van der Waals surface area (Å²) >= 11 is 5.83. The number of halogens is 4. The fourth-order valence-electron chi connectivity index (χ4n) is 3.85. The van der Waals surface area contributed by atoms with Crippen LogP contribution in [0.15, 0.2) is 35.3 Å². The molecule has 0 unspecified atom stereocenters. The van der Waals surface area contributed by atoms with Gasteiger partial charge in [-0.15, -0.1) is 0 Å². The predicted octanol–water partition coefficient (Wildman–Crippen LogP) is 5.34. The van der Waals surface area contributed by atoms with Crippen molar-refractivity contribution >= 4 is 28.6 Å². The average molecular weight is 525 g/mol. The summed E-state index contributed by atoms with van der Waals surface area (Å²) in [5.74, 6) is -0.139. The molecule has 0 saturated heterocycles. The minimum Gasteiger partial charge on any atom is -0.489 e. The number of rotatable bonds is 5. The zero-order valence-electron chi connectivity index (χ0n) is 19.7. The van der Waals surface area contributed by atoms with Gasteiger partial charge >= 0.3 is 12.3 Å². The third-order valence-electron chi connectivity index (χ3n) is 5.57. The lowest BCUT2D eigenvalue weighted by Gasteiger charge is -2.35. The third-order valence-corrected chi connectivity index (χ3v) is 5.77. The average Bonchev–Trinajstić information content (AvgIpc) is 2.73. The van der Waals surface area contributed by atoms with E-state index in [1.807, 2.05) is 0 Å². The van der Waals surface area contributed by atoms with Gasteiger partial charge in [0.2, 0.25) is 0 Å². The monoisotopic (exact) mass is 524 g/mol. The van der Waals surface area contributed by atoms with Crippen molar-refractivity contribution in [3.8, 4) is 5.75 Å². The highest BCUT2D eigenvalue weighted by Crippen LogP contribution is 2.43. The van der Waals surface area contributed by atoms with Gasteiger partial charge in [-0.05, 0) is 45.7 Å². The van der Waals surface area contributed by atoms with Crippen LogP contribution < -0.4 is 15.6 Å². The zero-order chi connectivity index (χ0) is 26.3. The van der Waals surface area contributed by atoms with Gasteiger partial charge in [0.05, 0.1) is 22.7 Å². The summed E-state index contributed by atoms with van der Waals surface area (Å²) in [5.41, 5.74) is -1.52. The molecular weight excluding hydrogens is 501 g/mol. The van der Waals surface area contributed by atoms with Gasteiger partial charge in [0.25, 0.3) is 5.56 Å². The second kappa shape index (κ2) is 9.61. The van der Waals surface area contributed by atoms with Crippen molar-refractivity contribution in [1.82, 2.24) is 20.3 Å². The predicted molar refractivity (Wildman–Crippen MR) is 126 cm³/mol. The van der Waals surface area contributed by atoms with Gasteiger partial charge in [0, 0.05) is 18.0 Å². The molecule has 0 bridgehead atoms. The Labute approximate surface area is 209 Å². The molecule has 1 aliphatic carbocycles. The van der Waals surface area contributed by atoms with Gasteiger partial charge in [-0.1, -0.05) is 23.7 Å². The first-order valence-electron chi connectivity index (χ1n) is 11.2. The van der Waals surface area contributed by atoms with Crippen LogP contribution in [-0.4, -0.2) is 32.8 Å². The van der Waals surface area contributed by atoms with E-state index in [2.05, 4.69) is 20.3 Å². The molecule has 8 nitrogen and oxygen atoms in total. The van der Waals surface area contributed by atoms with E-state index < -0.39 is 29.5 Å². The SMILES string of the molecule is CC(C)(C)OC(=O)NCc1cccc(C(F)(F)F)c1OC1CC(c2nc3cnc(Cl)cc3c(=O)[nH]2)C1. The van der Waals surface area contributed by atoms with E-state index in [9.17, 15) is 22.8 Å². The van der Waals surface area contributed by atoms with Gasteiger partial charge < -0.3 is 19.8 Å². The Bertz CT molecular complexity index is 1350. The summed E-state index contributed by atoms with van der Waals surface area (Å²) in [6.07, 6.45) is -3.85. The van der Waals surface area contributed by atoms with Crippen molar-refractivity contribution in [1.29, 1.82) is 0 Å². The maximum atomic E-state index is 13.7. The topological polar surface area (TPSA) is 106 Å². The Hall–Kier alpha value is -3.34. The number of H-pyrrole nitrogens is 1. The molecule has 192 valence electrons. The number of carbonyl (C=O) groups is 1. The highest BCUT2D eigenvalue weighted by atomic mass is 35.5. The Balaban J connectivity index is 1.50. The Morgan fingerprint density at radius 3 is 2.64 bits per heavy atom. The lowest BCUT2D eigenvalue weighted by atomic mass is 9.81. The zero-order valence-corrected chi connectivity index (χ0v) is 20.5. The Morgan fingerprint density at radius 2 is 1.97 bits per heavy atom. The van der Waals surface area contributed by atoms with Crippen LogP contribution >= 0.6 is 11.6 Å². The number of fused-ring (bicyclic) bond motifs is 1. The van der Waals surface area contributed by atoms with Crippen molar-refractivity contribution in [3.05, 3.63) is 62.9 Å². The normalized spacial score (nSPS) is 18.0. The molecule has 3 aromatic rings. The number of aromatic amines is 1. The van der Waals surface area contributed by atoms with E-state index in [1.165, 1.54) is 24.4 Å². The number of carbonyl (C=O) groups excluding carboxylic acids is 1. The molecule has 2 heterocycles. The number of benzene rings is 1. The van der Waals surface area contributed by atoms with Crippen LogP contribution in [0.3, 0.4) is 0 Å². The molecule has 0 atom stereocenters. The standard InChI is InChI=1S/C24H24ClF3N4O4/c1-23(2,3)36-22(34)30-10-12-5-4-6-16(24(26,27)28)19(12)35-14-7-13(8-14)20-31-17-11-29-18(25)9-15(17)21(33)32-20/h4-6,9,11,13-14H,7-8,10H2,1-3H3,(H,30,34)(H,31,32,33). The summed E-state index contributed by atoms with van der Waals surface area (Å²) < 4.78 is 52.1. The first kappa shape index (κ1) is 25.7. The van der Waals surface area contributed by atoms with Crippen molar-refractivity contribution in [3.63, 3.8) is 0 Å². The van der Waals surface area contributed by atoms with Crippen LogP contribution in [0, 0.1) is 0 Å². The third kappa shape index (κ3) is 5.89. The number of ether oxygens (including phenoxy) is 2. The van der Waals surface area contributed by atoms with E-state index >= 15 is 0 Å². The number of alkyl carbamates (subject to hydrolysis) is 1. The molecule has 2 aromatic heterocycles. The molecule has 36 heavy (non-hydrogen) atoms. The van der Waals surface area contributed by atoms with Crippen LogP contribution in [0.5, 0.6) is 5.75 Å². The quantitative estimate of drug-likeness (QED) is 0.436. The van der Waals surface area contributed by atoms with Crippen molar-refractivity contribution in [2.75, 3.05) is 0 Å². The van der Waals surface area contributed by atoms with Crippen LogP contribution in [0.4, 0.5) is 18.0 Å². The van der Waals surface area contributed by atoms with Crippen LogP contribution in [-0.2, 0) is 17.5 Å². The summed E-state index contributed by atoms with van der Waals surface area (Å²) in [6.45, 7) is 4.84. The number of amides is 1. The van der Waals surface area contributed by atoms with Gasteiger partial charge in [-0.3, -0.25) is 4.79 Å². The highest BCUT2D eigenvalue weighted by molar-refractivity contribution is 6.30.